The summed E-state index contributed by atoms with van der Waals surface area (Å²) in [5, 5.41) is 7.87. The number of amides is 1. The molecule has 1 aliphatic carbocycles. The Kier molecular flexibility index (Phi) is 7.13. The molecule has 0 saturated carbocycles. The van der Waals surface area contributed by atoms with Gasteiger partial charge in [0.1, 0.15) is 11.6 Å². The Balaban J connectivity index is 1.51. The lowest BCUT2D eigenvalue weighted by Gasteiger charge is -2.38. The maximum Gasteiger partial charge on any atom is 0.419 e. The van der Waals surface area contributed by atoms with E-state index in [2.05, 4.69) is 22.2 Å². The van der Waals surface area contributed by atoms with Gasteiger partial charge in [0.2, 0.25) is 5.91 Å². The molecule has 6 nitrogen and oxygen atoms in total. The third kappa shape index (κ3) is 5.17. The van der Waals surface area contributed by atoms with Crippen LogP contribution >= 0.6 is 0 Å². The average molecular weight is 496 g/mol. The van der Waals surface area contributed by atoms with Crippen molar-refractivity contribution < 1.29 is 22.4 Å². The summed E-state index contributed by atoms with van der Waals surface area (Å²) in [6.07, 6.45) is -2.70. The summed E-state index contributed by atoms with van der Waals surface area (Å²) in [5.74, 6) is -0.780. The van der Waals surface area contributed by atoms with E-state index in [4.69, 9.17) is 0 Å². The van der Waals surface area contributed by atoms with Crippen molar-refractivity contribution in [1.29, 1.82) is 0 Å². The summed E-state index contributed by atoms with van der Waals surface area (Å²) in [7, 11) is 1.95. The molecule has 0 radical (unpaired) electrons. The predicted octanol–water partition coefficient (Wildman–Crippen LogP) is 4.06. The number of carbonyl (C=O) groups excluding carboxylic acids is 1. The third-order valence-electron chi connectivity index (χ3n) is 7.06. The number of piperazine rings is 1. The number of hydrogen-bond donors (Lipinski definition) is 1. The van der Waals surface area contributed by atoms with Gasteiger partial charge in [-0.05, 0) is 36.5 Å². The lowest BCUT2D eigenvalue weighted by atomic mass is 9.95. The minimum absolute atomic E-state index is 0.0652. The van der Waals surface area contributed by atoms with E-state index in [1.54, 1.807) is 4.90 Å². The highest BCUT2D eigenvalue weighted by Crippen LogP contribution is 2.39. The molecule has 2 atom stereocenters. The second kappa shape index (κ2) is 9.79. The van der Waals surface area contributed by atoms with Crippen LogP contribution < -0.4 is 10.2 Å². The van der Waals surface area contributed by atoms with Crippen molar-refractivity contribution in [3.05, 3.63) is 46.4 Å². The van der Waals surface area contributed by atoms with Crippen LogP contribution in [0.3, 0.4) is 0 Å². The molecule has 4 rings (SSSR count). The number of carbonyl (C=O) groups is 1. The number of fused-ring (bicyclic) bond motifs is 1. The highest BCUT2D eigenvalue weighted by atomic mass is 19.4. The molecule has 0 bridgehead atoms. The van der Waals surface area contributed by atoms with Crippen molar-refractivity contribution in [1.82, 2.24) is 20.0 Å². The highest BCUT2D eigenvalue weighted by Gasteiger charge is 2.36. The first-order valence-electron chi connectivity index (χ1n) is 12.2. The van der Waals surface area contributed by atoms with Crippen LogP contribution in [0.25, 0.3) is 0 Å². The zero-order valence-electron chi connectivity index (χ0n) is 20.6. The molecule has 1 aromatic carbocycles. The molecule has 1 amide bonds. The van der Waals surface area contributed by atoms with Crippen LogP contribution in [-0.2, 0) is 24.4 Å². The molecule has 1 aliphatic heterocycles. The highest BCUT2D eigenvalue weighted by molar-refractivity contribution is 5.84. The number of aryl methyl sites for hydroxylation is 2. The minimum Gasteiger partial charge on any atom is -0.353 e. The molecule has 1 N–H and O–H groups in total. The standard InChI is InChI=1S/C25H33F4N5O/c1-15(2)30-14-18(17-6-7-19(20(26)13-17)25(27,28)29)24(35)34-11-9-33(10-12-34)23-22-16(3)5-8-21(22)31-32(23)4/h6-7,13,15-16,18,30H,5,8-12,14H2,1-4H3/t16-,18-/m1/s1. The van der Waals surface area contributed by atoms with E-state index in [0.29, 0.717) is 32.1 Å². The van der Waals surface area contributed by atoms with Crippen LogP contribution in [0.15, 0.2) is 18.2 Å². The molecule has 1 saturated heterocycles. The van der Waals surface area contributed by atoms with Crippen molar-refractivity contribution in [2.75, 3.05) is 37.6 Å². The fourth-order valence-corrected chi connectivity index (χ4v) is 5.19. The molecule has 0 spiro atoms. The fourth-order valence-electron chi connectivity index (χ4n) is 5.19. The molecule has 0 unspecified atom stereocenters. The maximum absolute atomic E-state index is 14.3. The molecule has 1 fully saturated rings. The average Bonchev–Trinajstić information content (AvgIpc) is 3.30. The lowest BCUT2D eigenvalue weighted by molar-refractivity contribution is -0.140. The smallest absolute Gasteiger partial charge is 0.353 e. The minimum atomic E-state index is -4.78. The van der Waals surface area contributed by atoms with Crippen LogP contribution in [-0.4, -0.2) is 59.4 Å². The monoisotopic (exact) mass is 495 g/mol. The van der Waals surface area contributed by atoms with E-state index in [-0.39, 0.29) is 24.1 Å². The second-order valence-electron chi connectivity index (χ2n) is 9.91. The predicted molar refractivity (Wildman–Crippen MR) is 126 cm³/mol. The Morgan fingerprint density at radius 3 is 2.49 bits per heavy atom. The SMILES string of the molecule is CC(C)NC[C@@H](C(=O)N1CCN(c2c3c(nn2C)CC[C@H]3C)CC1)c1ccc(C(F)(F)F)c(F)c1. The van der Waals surface area contributed by atoms with Gasteiger partial charge in [-0.2, -0.15) is 18.3 Å². The van der Waals surface area contributed by atoms with Crippen molar-refractivity contribution in [3.8, 4) is 0 Å². The summed E-state index contributed by atoms with van der Waals surface area (Å²) in [6, 6.07) is 2.86. The van der Waals surface area contributed by atoms with Crippen LogP contribution in [0.1, 0.15) is 61.4 Å². The number of halogens is 4. The Labute approximate surface area is 203 Å². The molecule has 2 heterocycles. The summed E-state index contributed by atoms with van der Waals surface area (Å²) in [4.78, 5) is 17.5. The van der Waals surface area contributed by atoms with Gasteiger partial charge in [-0.3, -0.25) is 9.48 Å². The quantitative estimate of drug-likeness (QED) is 0.615. The number of nitrogens with zero attached hydrogens (tertiary/aromatic N) is 4. The van der Waals surface area contributed by atoms with Gasteiger partial charge in [0.05, 0.1) is 17.2 Å². The molecule has 192 valence electrons. The maximum atomic E-state index is 14.3. The molecule has 10 heteroatoms. The van der Waals surface area contributed by atoms with Crippen LogP contribution in [0, 0.1) is 5.82 Å². The molecule has 2 aliphatic rings. The number of hydrogen-bond acceptors (Lipinski definition) is 4. The largest absolute Gasteiger partial charge is 0.419 e. The molecule has 1 aromatic heterocycles. The number of alkyl halides is 3. The van der Waals surface area contributed by atoms with Crippen molar-refractivity contribution >= 4 is 11.7 Å². The van der Waals surface area contributed by atoms with E-state index in [9.17, 15) is 22.4 Å². The molecule has 2 aromatic rings. The van der Waals surface area contributed by atoms with Crippen molar-refractivity contribution in [3.63, 3.8) is 0 Å². The number of aromatic nitrogens is 2. The Morgan fingerprint density at radius 2 is 1.89 bits per heavy atom. The van der Waals surface area contributed by atoms with E-state index < -0.39 is 23.5 Å². The van der Waals surface area contributed by atoms with E-state index >= 15 is 0 Å². The van der Waals surface area contributed by atoms with E-state index in [0.717, 1.165) is 36.5 Å². The van der Waals surface area contributed by atoms with Crippen LogP contribution in [0.2, 0.25) is 0 Å². The summed E-state index contributed by atoms with van der Waals surface area (Å²) < 4.78 is 55.4. The summed E-state index contributed by atoms with van der Waals surface area (Å²) >= 11 is 0. The van der Waals surface area contributed by atoms with Gasteiger partial charge in [-0.1, -0.05) is 26.8 Å². The zero-order chi connectivity index (χ0) is 25.5. The number of benzene rings is 1. The zero-order valence-corrected chi connectivity index (χ0v) is 20.6. The number of nitrogens with one attached hydrogen (secondary N) is 1. The second-order valence-corrected chi connectivity index (χ2v) is 9.91. The summed E-state index contributed by atoms with van der Waals surface area (Å²) in [5.41, 5.74) is 1.37. The number of anilines is 1. The Morgan fingerprint density at radius 1 is 1.20 bits per heavy atom. The van der Waals surface area contributed by atoms with Gasteiger partial charge in [-0.25, -0.2) is 4.39 Å². The van der Waals surface area contributed by atoms with Crippen LogP contribution in [0.4, 0.5) is 23.4 Å². The fraction of sp³-hybridized carbons (Fsp3) is 0.600. The first-order valence-corrected chi connectivity index (χ1v) is 12.2. The van der Waals surface area contributed by atoms with Gasteiger partial charge in [0.25, 0.3) is 0 Å². The molecular formula is C25H33F4N5O. The first kappa shape index (κ1) is 25.5. The van der Waals surface area contributed by atoms with E-state index in [1.807, 2.05) is 25.6 Å². The van der Waals surface area contributed by atoms with Crippen LogP contribution in [0.5, 0.6) is 0 Å². The van der Waals surface area contributed by atoms with Gasteiger partial charge in [-0.15, -0.1) is 0 Å². The van der Waals surface area contributed by atoms with Gasteiger partial charge in [0.15, 0.2) is 0 Å². The number of rotatable bonds is 6. The Hall–Kier alpha value is -2.62. The van der Waals surface area contributed by atoms with Crippen molar-refractivity contribution in [2.45, 2.75) is 57.7 Å². The molecule has 35 heavy (non-hydrogen) atoms. The third-order valence-corrected chi connectivity index (χ3v) is 7.06. The van der Waals surface area contributed by atoms with E-state index in [1.165, 1.54) is 11.6 Å². The van der Waals surface area contributed by atoms with Crippen molar-refractivity contribution in [2.24, 2.45) is 7.05 Å². The van der Waals surface area contributed by atoms with Gasteiger partial charge < -0.3 is 15.1 Å². The molecular weight excluding hydrogens is 462 g/mol. The summed E-state index contributed by atoms with van der Waals surface area (Å²) in [6.45, 7) is 8.50. The Bertz CT molecular complexity index is 1070. The topological polar surface area (TPSA) is 53.4 Å². The lowest BCUT2D eigenvalue weighted by Crippen LogP contribution is -2.51. The van der Waals surface area contributed by atoms with Gasteiger partial charge >= 0.3 is 6.18 Å². The van der Waals surface area contributed by atoms with Gasteiger partial charge in [0, 0.05) is 51.4 Å². The normalized spacial score (nSPS) is 19.4. The first-order chi connectivity index (χ1) is 16.5.